The molecule has 2 aliphatic rings. The number of rotatable bonds is 5. The van der Waals surface area contributed by atoms with Gasteiger partial charge >= 0.3 is 0 Å². The highest BCUT2D eigenvalue weighted by Crippen LogP contribution is 2.27. The van der Waals surface area contributed by atoms with Crippen LogP contribution in [0.15, 0.2) is 48.5 Å². The maximum atomic E-state index is 13.8. The molecule has 0 saturated carbocycles. The summed E-state index contributed by atoms with van der Waals surface area (Å²) in [6.07, 6.45) is 1.20. The molecule has 152 valence electrons. The molecule has 0 bridgehead atoms. The van der Waals surface area contributed by atoms with Crippen molar-refractivity contribution in [2.24, 2.45) is 11.8 Å². The Morgan fingerprint density at radius 2 is 1.93 bits per heavy atom. The van der Waals surface area contributed by atoms with E-state index in [1.54, 1.807) is 19.1 Å². The van der Waals surface area contributed by atoms with E-state index in [1.165, 1.54) is 16.7 Å². The number of hydrogen-bond acceptors (Lipinski definition) is 3. The molecular formula is C23H26FN3O2. The summed E-state index contributed by atoms with van der Waals surface area (Å²) >= 11 is 0. The van der Waals surface area contributed by atoms with E-state index in [9.17, 15) is 14.0 Å². The van der Waals surface area contributed by atoms with Gasteiger partial charge in [-0.05, 0) is 49.1 Å². The molecule has 2 aromatic rings. The van der Waals surface area contributed by atoms with E-state index in [0.717, 1.165) is 19.5 Å². The lowest BCUT2D eigenvalue weighted by atomic mass is 10.1. The normalized spacial score (nSPS) is 21.7. The predicted octanol–water partition coefficient (Wildman–Crippen LogP) is 3.13. The van der Waals surface area contributed by atoms with Crippen LogP contribution in [0.25, 0.3) is 0 Å². The highest BCUT2D eigenvalue weighted by Gasteiger charge is 2.35. The van der Waals surface area contributed by atoms with E-state index < -0.39 is 5.92 Å². The Labute approximate surface area is 170 Å². The third-order valence-corrected chi connectivity index (χ3v) is 5.94. The number of benzene rings is 2. The number of hydrogen-bond donors (Lipinski definition) is 1. The number of anilines is 2. The van der Waals surface area contributed by atoms with Crippen molar-refractivity contribution in [3.63, 3.8) is 0 Å². The van der Waals surface area contributed by atoms with Gasteiger partial charge in [0.2, 0.25) is 11.8 Å². The van der Waals surface area contributed by atoms with Gasteiger partial charge in [0, 0.05) is 44.0 Å². The van der Waals surface area contributed by atoms with Gasteiger partial charge in [0.25, 0.3) is 0 Å². The van der Waals surface area contributed by atoms with Crippen molar-refractivity contribution < 1.29 is 14.0 Å². The summed E-state index contributed by atoms with van der Waals surface area (Å²) < 4.78 is 13.8. The Bertz CT molecular complexity index is 902. The smallest absolute Gasteiger partial charge is 0.227 e. The molecule has 2 saturated heterocycles. The second kappa shape index (κ2) is 8.23. The fourth-order valence-corrected chi connectivity index (χ4v) is 4.14. The lowest BCUT2D eigenvalue weighted by molar-refractivity contribution is -0.126. The van der Waals surface area contributed by atoms with E-state index in [0.29, 0.717) is 30.3 Å². The van der Waals surface area contributed by atoms with Crippen molar-refractivity contribution in [1.29, 1.82) is 0 Å². The first-order valence-electron chi connectivity index (χ1n) is 10.2. The van der Waals surface area contributed by atoms with E-state index in [4.69, 9.17) is 0 Å². The maximum Gasteiger partial charge on any atom is 0.227 e. The van der Waals surface area contributed by atoms with Gasteiger partial charge in [0.05, 0.1) is 5.92 Å². The summed E-state index contributed by atoms with van der Waals surface area (Å²) in [5.41, 5.74) is 2.27. The number of nitrogens with one attached hydrogen (secondary N) is 1. The minimum atomic E-state index is -0.390. The van der Waals surface area contributed by atoms with Crippen LogP contribution in [0.1, 0.15) is 18.4 Å². The number of halogens is 1. The van der Waals surface area contributed by atoms with Crippen molar-refractivity contribution in [3.8, 4) is 0 Å². The molecule has 2 fully saturated rings. The number of amides is 2. The molecule has 0 spiro atoms. The molecule has 0 radical (unpaired) electrons. The predicted molar refractivity (Wildman–Crippen MR) is 111 cm³/mol. The highest BCUT2D eigenvalue weighted by atomic mass is 19.1. The van der Waals surface area contributed by atoms with Gasteiger partial charge in [-0.2, -0.15) is 0 Å². The molecule has 2 heterocycles. The van der Waals surface area contributed by atoms with Gasteiger partial charge in [-0.25, -0.2) is 4.39 Å². The lowest BCUT2D eigenvalue weighted by Crippen LogP contribution is -2.36. The van der Waals surface area contributed by atoms with Crippen molar-refractivity contribution >= 4 is 23.2 Å². The molecule has 2 aromatic carbocycles. The fourth-order valence-electron chi connectivity index (χ4n) is 4.14. The maximum absolute atomic E-state index is 13.8. The molecular weight excluding hydrogens is 369 g/mol. The molecule has 2 aliphatic heterocycles. The van der Waals surface area contributed by atoms with Crippen LogP contribution in [-0.2, 0) is 9.59 Å². The quantitative estimate of drug-likeness (QED) is 0.846. The van der Waals surface area contributed by atoms with Gasteiger partial charge in [0.1, 0.15) is 5.82 Å². The lowest BCUT2D eigenvalue weighted by Gasteiger charge is -2.19. The van der Waals surface area contributed by atoms with Crippen LogP contribution >= 0.6 is 0 Å². The summed E-state index contributed by atoms with van der Waals surface area (Å²) in [6.45, 7) is 4.50. The van der Waals surface area contributed by atoms with Crippen molar-refractivity contribution in [3.05, 3.63) is 59.9 Å². The average Bonchev–Trinajstić information content (AvgIpc) is 3.36. The van der Waals surface area contributed by atoms with Gasteiger partial charge < -0.3 is 15.1 Å². The standard InChI is InChI=1S/C23H26FN3O2/c1-16-7-8-20(12-21(16)24)27-15-18(11-22(27)28)23(29)25-13-17-9-10-26(14-17)19-5-3-2-4-6-19/h2-8,12,17-18H,9-11,13-15H2,1H3,(H,25,29)/t17-,18+/m1/s1. The Morgan fingerprint density at radius 3 is 2.69 bits per heavy atom. The molecule has 0 unspecified atom stereocenters. The van der Waals surface area contributed by atoms with E-state index >= 15 is 0 Å². The Morgan fingerprint density at radius 1 is 1.14 bits per heavy atom. The zero-order valence-electron chi connectivity index (χ0n) is 16.6. The van der Waals surface area contributed by atoms with Crippen LogP contribution in [0.5, 0.6) is 0 Å². The van der Waals surface area contributed by atoms with Crippen molar-refractivity contribution in [2.45, 2.75) is 19.8 Å². The number of aryl methyl sites for hydroxylation is 1. The van der Waals surface area contributed by atoms with Gasteiger partial charge in [-0.3, -0.25) is 9.59 Å². The van der Waals surface area contributed by atoms with E-state index in [1.807, 2.05) is 18.2 Å². The number of nitrogens with zero attached hydrogens (tertiary/aromatic N) is 2. The molecule has 4 rings (SSSR count). The Hall–Kier alpha value is -2.89. The topological polar surface area (TPSA) is 52.7 Å². The van der Waals surface area contributed by atoms with Crippen molar-refractivity contribution in [1.82, 2.24) is 5.32 Å². The third kappa shape index (κ3) is 4.26. The number of carbonyl (C=O) groups is 2. The molecule has 2 atom stereocenters. The van der Waals surface area contributed by atoms with Crippen LogP contribution in [0, 0.1) is 24.6 Å². The fraction of sp³-hybridized carbons (Fsp3) is 0.391. The van der Waals surface area contributed by atoms with Crippen LogP contribution in [0.2, 0.25) is 0 Å². The summed E-state index contributed by atoms with van der Waals surface area (Å²) in [6, 6.07) is 15.0. The van der Waals surface area contributed by atoms with Crippen LogP contribution in [0.4, 0.5) is 15.8 Å². The summed E-state index contributed by atoms with van der Waals surface area (Å²) in [4.78, 5) is 28.8. The Kier molecular flexibility index (Phi) is 5.51. The van der Waals surface area contributed by atoms with Crippen LogP contribution in [0.3, 0.4) is 0 Å². The SMILES string of the molecule is Cc1ccc(N2C[C@@H](C(=O)NC[C@H]3CCN(c4ccccc4)C3)CC2=O)cc1F. The van der Waals surface area contributed by atoms with Crippen LogP contribution < -0.4 is 15.1 Å². The molecule has 1 N–H and O–H groups in total. The third-order valence-electron chi connectivity index (χ3n) is 5.94. The highest BCUT2D eigenvalue weighted by molar-refractivity contribution is 6.00. The first kappa shape index (κ1) is 19.4. The minimum absolute atomic E-state index is 0.0911. The summed E-state index contributed by atoms with van der Waals surface area (Å²) in [5, 5.41) is 3.03. The minimum Gasteiger partial charge on any atom is -0.371 e. The summed E-state index contributed by atoms with van der Waals surface area (Å²) in [5.74, 6) is -0.555. The first-order chi connectivity index (χ1) is 14.0. The van der Waals surface area contributed by atoms with Crippen LogP contribution in [-0.4, -0.2) is 38.0 Å². The summed E-state index contributed by atoms with van der Waals surface area (Å²) in [7, 11) is 0. The van der Waals surface area contributed by atoms with Gasteiger partial charge in [0.15, 0.2) is 0 Å². The first-order valence-corrected chi connectivity index (χ1v) is 10.2. The molecule has 0 aromatic heterocycles. The molecule has 5 nitrogen and oxygen atoms in total. The molecule has 6 heteroatoms. The van der Waals surface area contributed by atoms with E-state index in [-0.39, 0.29) is 24.1 Å². The monoisotopic (exact) mass is 395 g/mol. The van der Waals surface area contributed by atoms with Gasteiger partial charge in [-0.1, -0.05) is 24.3 Å². The van der Waals surface area contributed by atoms with Crippen molar-refractivity contribution in [2.75, 3.05) is 36.0 Å². The molecule has 29 heavy (non-hydrogen) atoms. The Balaban J connectivity index is 1.29. The number of para-hydroxylation sites is 1. The molecule has 2 amide bonds. The second-order valence-electron chi connectivity index (χ2n) is 8.02. The second-order valence-corrected chi connectivity index (χ2v) is 8.02. The van der Waals surface area contributed by atoms with E-state index in [2.05, 4.69) is 22.3 Å². The zero-order valence-corrected chi connectivity index (χ0v) is 16.6. The molecule has 0 aliphatic carbocycles. The average molecular weight is 395 g/mol. The number of carbonyl (C=O) groups excluding carboxylic acids is 2. The van der Waals surface area contributed by atoms with Gasteiger partial charge in [-0.15, -0.1) is 0 Å². The zero-order chi connectivity index (χ0) is 20.4. The largest absolute Gasteiger partial charge is 0.371 e.